The molecule has 0 spiro atoms. The molecular formula is C29H48O2. The van der Waals surface area contributed by atoms with Gasteiger partial charge in [-0.1, -0.05) is 46.3 Å². The Kier molecular flexibility index (Phi) is 5.50. The van der Waals surface area contributed by atoms with E-state index in [0.29, 0.717) is 22.9 Å². The summed E-state index contributed by atoms with van der Waals surface area (Å²) in [6.45, 7) is 14.8. The maximum absolute atomic E-state index is 10.3. The first kappa shape index (κ1) is 22.5. The summed E-state index contributed by atoms with van der Waals surface area (Å²) in [5.74, 6) is 4.99. The van der Waals surface area contributed by atoms with E-state index >= 15 is 0 Å². The van der Waals surface area contributed by atoms with Gasteiger partial charge in [0.1, 0.15) is 0 Å². The lowest BCUT2D eigenvalue weighted by Gasteiger charge is -2.58. The molecule has 10 atom stereocenters. The predicted octanol–water partition coefficient (Wildman–Crippen LogP) is 7.16. The van der Waals surface area contributed by atoms with Gasteiger partial charge in [-0.05, 0) is 117 Å². The largest absolute Gasteiger partial charge is 0.393 e. The second-order valence-corrected chi connectivity index (χ2v) is 13.3. The Hall–Kier alpha value is -0.340. The molecule has 1 heterocycles. The second kappa shape index (κ2) is 7.59. The van der Waals surface area contributed by atoms with E-state index in [-0.39, 0.29) is 11.7 Å². The van der Waals surface area contributed by atoms with Crippen molar-refractivity contribution in [1.29, 1.82) is 0 Å². The van der Waals surface area contributed by atoms with E-state index in [1.165, 1.54) is 51.4 Å². The number of aliphatic hydroxyl groups is 1. The van der Waals surface area contributed by atoms with E-state index < -0.39 is 0 Å². The quantitative estimate of drug-likeness (QED) is 0.372. The zero-order chi connectivity index (χ0) is 22.2. The van der Waals surface area contributed by atoms with E-state index in [9.17, 15) is 5.11 Å². The van der Waals surface area contributed by atoms with Crippen LogP contribution in [0, 0.1) is 46.3 Å². The number of hydrogen-bond acceptors (Lipinski definition) is 2. The Morgan fingerprint density at radius 3 is 2.48 bits per heavy atom. The number of fused-ring (bicyclic) bond motifs is 5. The van der Waals surface area contributed by atoms with Gasteiger partial charge in [-0.3, -0.25) is 0 Å². The van der Waals surface area contributed by atoms with E-state index in [2.05, 4.69) is 47.6 Å². The predicted molar refractivity (Wildman–Crippen MR) is 128 cm³/mol. The van der Waals surface area contributed by atoms with Crippen molar-refractivity contribution in [3.05, 3.63) is 11.6 Å². The van der Waals surface area contributed by atoms with Crippen molar-refractivity contribution < 1.29 is 9.84 Å². The highest BCUT2D eigenvalue weighted by Crippen LogP contribution is 2.67. The SMILES string of the molecule is CC(C)[C@]1(CC[C@@H](C)[C@H]2CC[C@H]3[C@@H]4CC=C5C[C@@H](O)CC[C@]5(C)[C@H]4CC[C@]23C)OC1C. The molecule has 3 saturated carbocycles. The first-order valence-electron chi connectivity index (χ1n) is 13.7. The van der Waals surface area contributed by atoms with Crippen LogP contribution in [0.4, 0.5) is 0 Å². The van der Waals surface area contributed by atoms with Crippen molar-refractivity contribution in [2.75, 3.05) is 0 Å². The molecule has 1 saturated heterocycles. The third-order valence-electron chi connectivity index (χ3n) is 11.8. The fourth-order valence-corrected chi connectivity index (χ4v) is 9.72. The van der Waals surface area contributed by atoms with E-state index in [0.717, 1.165) is 42.4 Å². The summed E-state index contributed by atoms with van der Waals surface area (Å²) in [5, 5.41) is 10.3. The highest BCUT2D eigenvalue weighted by atomic mass is 16.6. The van der Waals surface area contributed by atoms with Gasteiger partial charge in [-0.25, -0.2) is 0 Å². The molecule has 176 valence electrons. The van der Waals surface area contributed by atoms with E-state index in [1.54, 1.807) is 5.57 Å². The van der Waals surface area contributed by atoms with Crippen LogP contribution in [0.3, 0.4) is 0 Å². The molecular weight excluding hydrogens is 380 g/mol. The second-order valence-electron chi connectivity index (χ2n) is 13.3. The number of hydrogen-bond donors (Lipinski definition) is 1. The molecule has 1 aliphatic heterocycles. The van der Waals surface area contributed by atoms with Crippen LogP contribution in [0.2, 0.25) is 0 Å². The van der Waals surface area contributed by atoms with Gasteiger partial charge >= 0.3 is 0 Å². The Morgan fingerprint density at radius 1 is 1.06 bits per heavy atom. The minimum absolute atomic E-state index is 0.0891. The van der Waals surface area contributed by atoms with Crippen LogP contribution in [0.25, 0.3) is 0 Å². The van der Waals surface area contributed by atoms with Crippen LogP contribution in [-0.2, 0) is 4.74 Å². The zero-order valence-corrected chi connectivity index (χ0v) is 21.1. The van der Waals surface area contributed by atoms with Gasteiger partial charge in [0, 0.05) is 0 Å². The summed E-state index contributed by atoms with van der Waals surface area (Å²) in [5.41, 5.74) is 2.69. The average molecular weight is 429 g/mol. The van der Waals surface area contributed by atoms with Crippen molar-refractivity contribution in [2.24, 2.45) is 46.3 Å². The molecule has 2 nitrogen and oxygen atoms in total. The Bertz CT molecular complexity index is 726. The lowest BCUT2D eigenvalue weighted by atomic mass is 9.47. The number of aliphatic hydroxyl groups excluding tert-OH is 1. The van der Waals surface area contributed by atoms with Crippen molar-refractivity contribution >= 4 is 0 Å². The first-order chi connectivity index (χ1) is 14.6. The van der Waals surface area contributed by atoms with Crippen LogP contribution in [-0.4, -0.2) is 22.9 Å². The standard InChI is InChI=1S/C29H48O2/c1-18(2)29(20(4)31-29)16-11-19(3)24-9-10-25-23-8-7-21-17-22(30)12-14-27(21,5)26(23)13-15-28(24,25)6/h7,18-20,22-26,30H,8-17H2,1-6H3/t19-,20?,22+,23+,24-,25+,26+,27+,28-,29+/m1/s1. The average Bonchev–Trinajstić information content (AvgIpc) is 3.25. The fourth-order valence-electron chi connectivity index (χ4n) is 9.72. The van der Waals surface area contributed by atoms with Crippen molar-refractivity contribution in [3.63, 3.8) is 0 Å². The van der Waals surface area contributed by atoms with Crippen molar-refractivity contribution in [1.82, 2.24) is 0 Å². The molecule has 0 aromatic carbocycles. The third kappa shape index (κ3) is 3.32. The highest BCUT2D eigenvalue weighted by molar-refractivity contribution is 5.25. The van der Waals surface area contributed by atoms with Crippen molar-refractivity contribution in [3.8, 4) is 0 Å². The number of epoxide rings is 1. The Morgan fingerprint density at radius 2 is 1.81 bits per heavy atom. The van der Waals surface area contributed by atoms with Gasteiger partial charge in [0.15, 0.2) is 0 Å². The van der Waals surface area contributed by atoms with Crippen LogP contribution in [0.5, 0.6) is 0 Å². The van der Waals surface area contributed by atoms with Crippen molar-refractivity contribution in [2.45, 2.75) is 124 Å². The Labute approximate surface area is 191 Å². The molecule has 0 aromatic rings. The highest BCUT2D eigenvalue weighted by Gasteiger charge is 2.60. The molecule has 2 heteroatoms. The molecule has 1 N–H and O–H groups in total. The van der Waals surface area contributed by atoms with Gasteiger partial charge in [0.05, 0.1) is 17.8 Å². The Balaban J connectivity index is 1.30. The maximum Gasteiger partial charge on any atom is 0.0968 e. The molecule has 1 unspecified atom stereocenters. The smallest absolute Gasteiger partial charge is 0.0968 e. The fraction of sp³-hybridized carbons (Fsp3) is 0.931. The molecule has 4 fully saturated rings. The van der Waals surface area contributed by atoms with Gasteiger partial charge in [-0.2, -0.15) is 0 Å². The van der Waals surface area contributed by atoms with Gasteiger partial charge < -0.3 is 9.84 Å². The first-order valence-corrected chi connectivity index (χ1v) is 13.7. The third-order valence-corrected chi connectivity index (χ3v) is 11.8. The summed E-state index contributed by atoms with van der Waals surface area (Å²) in [4.78, 5) is 0. The summed E-state index contributed by atoms with van der Waals surface area (Å²) in [6, 6.07) is 0. The number of allylic oxidation sites excluding steroid dienone is 1. The molecule has 31 heavy (non-hydrogen) atoms. The minimum atomic E-state index is -0.0891. The molecule has 5 rings (SSSR count). The van der Waals surface area contributed by atoms with Gasteiger partial charge in [-0.15, -0.1) is 0 Å². The molecule has 0 amide bonds. The van der Waals surface area contributed by atoms with Crippen LogP contribution in [0.1, 0.15) is 106 Å². The van der Waals surface area contributed by atoms with Gasteiger partial charge in [0.2, 0.25) is 0 Å². The molecule has 4 aliphatic carbocycles. The van der Waals surface area contributed by atoms with E-state index in [4.69, 9.17) is 4.74 Å². The van der Waals surface area contributed by atoms with Crippen LogP contribution < -0.4 is 0 Å². The minimum Gasteiger partial charge on any atom is -0.393 e. The number of ether oxygens (including phenoxy) is 1. The topological polar surface area (TPSA) is 32.8 Å². The summed E-state index contributed by atoms with van der Waals surface area (Å²) < 4.78 is 6.13. The lowest BCUT2D eigenvalue weighted by molar-refractivity contribution is -0.0576. The maximum atomic E-state index is 10.3. The zero-order valence-electron chi connectivity index (χ0n) is 21.1. The normalized spacial score (nSPS) is 52.2. The summed E-state index contributed by atoms with van der Waals surface area (Å²) in [7, 11) is 0. The van der Waals surface area contributed by atoms with Gasteiger partial charge in [0.25, 0.3) is 0 Å². The molecule has 5 aliphatic rings. The number of rotatable bonds is 5. The molecule has 0 aromatic heterocycles. The van der Waals surface area contributed by atoms with E-state index in [1.807, 2.05) is 0 Å². The lowest BCUT2D eigenvalue weighted by Crippen LogP contribution is -2.50. The van der Waals surface area contributed by atoms with Crippen LogP contribution >= 0.6 is 0 Å². The molecule has 0 bridgehead atoms. The summed E-state index contributed by atoms with van der Waals surface area (Å²) >= 11 is 0. The monoisotopic (exact) mass is 428 g/mol. The van der Waals surface area contributed by atoms with Crippen LogP contribution in [0.15, 0.2) is 11.6 Å². The molecule has 0 radical (unpaired) electrons. The summed E-state index contributed by atoms with van der Waals surface area (Å²) in [6.07, 6.45) is 15.7.